The quantitative estimate of drug-likeness (QED) is 0.199. The van der Waals surface area contributed by atoms with E-state index in [2.05, 4.69) is 4.98 Å². The van der Waals surface area contributed by atoms with E-state index >= 15 is 0 Å². The number of carboxylic acid groups (broad SMARTS) is 2. The average molecular weight is 591 g/mol. The molecule has 15 heteroatoms. The number of hydrogen-bond donors (Lipinski definition) is 3. The molecule has 0 aromatic carbocycles. The molecule has 40 heavy (non-hydrogen) atoms. The molecule has 3 unspecified atom stereocenters. The van der Waals surface area contributed by atoms with Gasteiger partial charge in [-0.2, -0.15) is 0 Å². The molecule has 1 aromatic heterocycles. The number of carboxylic acids is 2. The Morgan fingerprint density at radius 3 is 2.05 bits per heavy atom. The number of ether oxygens (including phenoxy) is 2. The number of aromatic amines is 1. The lowest BCUT2D eigenvalue weighted by atomic mass is 9.90. The van der Waals surface area contributed by atoms with E-state index in [1.54, 1.807) is 6.92 Å². The molecular weight excluding hydrogens is 551 g/mol. The largest absolute Gasteiger partial charge is 0.481 e. The van der Waals surface area contributed by atoms with Crippen molar-refractivity contribution in [1.82, 2.24) is 9.55 Å². The molecule has 226 valence electrons. The molecule has 0 radical (unpaired) electrons. The van der Waals surface area contributed by atoms with Gasteiger partial charge in [0.25, 0.3) is 11.4 Å². The first-order valence-corrected chi connectivity index (χ1v) is 14.5. The summed E-state index contributed by atoms with van der Waals surface area (Å²) in [7, 11) is -3.44. The molecular formula is C25H39N2O12P. The molecule has 3 N–H and O–H groups in total. The molecule has 1 fully saturated rings. The van der Waals surface area contributed by atoms with Crippen molar-refractivity contribution in [1.29, 1.82) is 0 Å². The Labute approximate surface area is 231 Å². The fourth-order valence-electron chi connectivity index (χ4n) is 3.94. The van der Waals surface area contributed by atoms with Crippen LogP contribution in [0.15, 0.2) is 15.8 Å². The van der Waals surface area contributed by atoms with E-state index < -0.39 is 59.5 Å². The van der Waals surface area contributed by atoms with Crippen LogP contribution in [0.4, 0.5) is 0 Å². The van der Waals surface area contributed by atoms with E-state index in [0.29, 0.717) is 18.4 Å². The SMILES string of the molecule is COC(=O)C(OC1CCC(n2cc(C)c(=O)[nH]c2=O)C1)P(=O)(OCCC(C)(C)C(=O)O)OCCC(C)(C)C(=O)O. The monoisotopic (exact) mass is 590 g/mol. The highest BCUT2D eigenvalue weighted by Crippen LogP contribution is 2.56. The van der Waals surface area contributed by atoms with Gasteiger partial charge in [0.1, 0.15) is 0 Å². The molecule has 0 spiro atoms. The van der Waals surface area contributed by atoms with Gasteiger partial charge in [0.2, 0.25) is 0 Å². The van der Waals surface area contributed by atoms with Crippen LogP contribution in [0.3, 0.4) is 0 Å². The smallest absolute Gasteiger partial charge is 0.370 e. The standard InChI is InChI=1S/C25H39N2O12P/c1-15-14-27(23(34)26-18(15)28)16-7-8-17(13-16)39-20(19(29)36-6)40(35,37-11-9-24(2,3)21(30)31)38-12-10-25(4,5)22(32)33/h14,16-17,20H,7-13H2,1-6H3,(H,30,31)(H,32,33)(H,26,28,34). The maximum absolute atomic E-state index is 14.0. The second-order valence-corrected chi connectivity index (χ2v) is 13.2. The van der Waals surface area contributed by atoms with Gasteiger partial charge in [0.15, 0.2) is 0 Å². The Morgan fingerprint density at radius 1 is 1.05 bits per heavy atom. The second kappa shape index (κ2) is 13.2. The topological polar surface area (TPSA) is 201 Å². The molecule has 0 aliphatic heterocycles. The number of carbonyl (C=O) groups excluding carboxylic acids is 1. The van der Waals surface area contributed by atoms with Gasteiger partial charge in [-0.1, -0.05) is 0 Å². The number of methoxy groups -OCH3 is 1. The molecule has 1 aliphatic carbocycles. The third-order valence-electron chi connectivity index (χ3n) is 7.06. The minimum atomic E-state index is -4.50. The van der Waals surface area contributed by atoms with E-state index in [1.807, 2.05) is 0 Å². The van der Waals surface area contributed by atoms with Crippen molar-refractivity contribution in [3.8, 4) is 0 Å². The first kappa shape index (κ1) is 33.4. The van der Waals surface area contributed by atoms with Gasteiger partial charge in [-0.05, 0) is 66.7 Å². The van der Waals surface area contributed by atoms with Crippen LogP contribution in [0, 0.1) is 17.8 Å². The van der Waals surface area contributed by atoms with Crippen molar-refractivity contribution in [3.05, 3.63) is 32.6 Å². The number of esters is 1. The zero-order valence-corrected chi connectivity index (χ0v) is 24.5. The lowest BCUT2D eigenvalue weighted by molar-refractivity contribution is -0.153. The third-order valence-corrected chi connectivity index (χ3v) is 9.05. The fourth-order valence-corrected chi connectivity index (χ4v) is 5.66. The minimum absolute atomic E-state index is 0.0792. The van der Waals surface area contributed by atoms with Crippen LogP contribution in [-0.4, -0.2) is 69.9 Å². The summed E-state index contributed by atoms with van der Waals surface area (Å²) in [5.74, 6) is -5.13. The molecule has 14 nitrogen and oxygen atoms in total. The number of nitrogens with zero attached hydrogens (tertiary/aromatic N) is 1. The highest BCUT2D eigenvalue weighted by atomic mass is 31.2. The van der Waals surface area contributed by atoms with E-state index in [-0.39, 0.29) is 38.5 Å². The molecule has 0 bridgehead atoms. The van der Waals surface area contributed by atoms with Gasteiger partial charge >= 0.3 is 31.2 Å². The first-order valence-electron chi connectivity index (χ1n) is 12.8. The summed E-state index contributed by atoms with van der Waals surface area (Å²) in [4.78, 5) is 62.1. The summed E-state index contributed by atoms with van der Waals surface area (Å²) in [6, 6.07) is -0.375. The number of rotatable bonds is 15. The van der Waals surface area contributed by atoms with Gasteiger partial charge in [0, 0.05) is 17.8 Å². The molecule has 1 saturated carbocycles. The second-order valence-electron chi connectivity index (χ2n) is 11.2. The number of aryl methyl sites for hydroxylation is 1. The molecule has 1 aliphatic rings. The number of aromatic nitrogens is 2. The highest BCUT2D eigenvalue weighted by Gasteiger charge is 2.47. The Kier molecular flexibility index (Phi) is 11.1. The zero-order valence-electron chi connectivity index (χ0n) is 23.6. The number of carbonyl (C=O) groups is 3. The van der Waals surface area contributed by atoms with Gasteiger partial charge in [0.05, 0.1) is 37.3 Å². The number of H-pyrrole nitrogens is 1. The first-order chi connectivity index (χ1) is 18.4. The third kappa shape index (κ3) is 8.35. The van der Waals surface area contributed by atoms with Crippen LogP contribution in [0.5, 0.6) is 0 Å². The Hall–Kier alpha value is -2.80. The van der Waals surface area contributed by atoms with Crippen molar-refractivity contribution in [2.24, 2.45) is 10.8 Å². The lowest BCUT2D eigenvalue weighted by Crippen LogP contribution is -2.34. The van der Waals surface area contributed by atoms with Gasteiger partial charge in [-0.25, -0.2) is 9.59 Å². The normalized spacial score (nSPS) is 18.9. The zero-order chi connectivity index (χ0) is 30.5. The van der Waals surface area contributed by atoms with Crippen LogP contribution in [0.25, 0.3) is 0 Å². The highest BCUT2D eigenvalue weighted by molar-refractivity contribution is 7.55. The predicted molar refractivity (Wildman–Crippen MR) is 141 cm³/mol. The summed E-state index contributed by atoms with van der Waals surface area (Å²) >= 11 is 0. The molecule has 3 atom stereocenters. The number of aliphatic carboxylic acids is 2. The van der Waals surface area contributed by atoms with Gasteiger partial charge in [-0.3, -0.25) is 28.5 Å². The van der Waals surface area contributed by atoms with E-state index in [0.717, 1.165) is 7.11 Å². The average Bonchev–Trinajstić information content (AvgIpc) is 3.32. The Bertz CT molecular complexity index is 1210. The van der Waals surface area contributed by atoms with Gasteiger partial charge < -0.3 is 28.7 Å². The van der Waals surface area contributed by atoms with Gasteiger partial charge in [-0.15, -0.1) is 0 Å². The Morgan fingerprint density at radius 2 is 1.57 bits per heavy atom. The minimum Gasteiger partial charge on any atom is -0.481 e. The molecule has 0 saturated heterocycles. The van der Waals surface area contributed by atoms with E-state index in [4.69, 9.17) is 18.5 Å². The number of nitrogens with one attached hydrogen (secondary N) is 1. The molecule has 0 amide bonds. The molecule has 2 rings (SSSR count). The summed E-state index contributed by atoms with van der Waals surface area (Å²) in [5.41, 5.74) is -3.22. The summed E-state index contributed by atoms with van der Waals surface area (Å²) in [6.07, 6.45) is 1.65. The number of hydrogen-bond acceptors (Lipinski definition) is 10. The van der Waals surface area contributed by atoms with Crippen LogP contribution in [0.2, 0.25) is 0 Å². The van der Waals surface area contributed by atoms with Crippen LogP contribution in [0.1, 0.15) is 71.4 Å². The van der Waals surface area contributed by atoms with Crippen LogP contribution >= 0.6 is 7.60 Å². The summed E-state index contributed by atoms with van der Waals surface area (Å²) in [6.45, 7) is 6.64. The molecule has 1 heterocycles. The van der Waals surface area contributed by atoms with E-state index in [1.165, 1.54) is 38.5 Å². The maximum Gasteiger partial charge on any atom is 0.370 e. The predicted octanol–water partition coefficient (Wildman–Crippen LogP) is 2.68. The van der Waals surface area contributed by atoms with Crippen molar-refractivity contribution in [3.63, 3.8) is 0 Å². The summed E-state index contributed by atoms with van der Waals surface area (Å²) < 4.78 is 37.3. The van der Waals surface area contributed by atoms with Crippen molar-refractivity contribution in [2.75, 3.05) is 20.3 Å². The van der Waals surface area contributed by atoms with Crippen molar-refractivity contribution in [2.45, 2.75) is 84.7 Å². The van der Waals surface area contributed by atoms with Crippen molar-refractivity contribution >= 4 is 25.5 Å². The maximum atomic E-state index is 14.0. The molecule has 1 aromatic rings. The van der Waals surface area contributed by atoms with E-state index in [9.17, 15) is 38.8 Å². The Balaban J connectivity index is 2.29. The lowest BCUT2D eigenvalue weighted by Gasteiger charge is -2.29. The summed E-state index contributed by atoms with van der Waals surface area (Å²) in [5, 5.41) is 18.8. The fraction of sp³-hybridized carbons (Fsp3) is 0.720. The van der Waals surface area contributed by atoms with Crippen molar-refractivity contribution < 1.29 is 47.7 Å². The van der Waals surface area contributed by atoms with Crippen LogP contribution < -0.4 is 11.2 Å². The van der Waals surface area contributed by atoms with Crippen LogP contribution in [-0.2, 0) is 37.5 Å².